The zero-order chi connectivity index (χ0) is 21.1. The molecule has 0 atom stereocenters. The van der Waals surface area contributed by atoms with E-state index in [1.165, 1.54) is 6.07 Å². The third-order valence-corrected chi connectivity index (χ3v) is 5.03. The molecule has 2 heterocycles. The summed E-state index contributed by atoms with van der Waals surface area (Å²) in [5.41, 5.74) is 1.31. The van der Waals surface area contributed by atoms with E-state index in [-0.39, 0.29) is 11.9 Å². The number of hydrogen-bond donors (Lipinski definition) is 2. The van der Waals surface area contributed by atoms with Crippen LogP contribution < -0.4 is 19.5 Å². The van der Waals surface area contributed by atoms with Crippen molar-refractivity contribution in [3.63, 3.8) is 0 Å². The van der Waals surface area contributed by atoms with Crippen molar-refractivity contribution >= 4 is 16.6 Å². The summed E-state index contributed by atoms with van der Waals surface area (Å²) >= 11 is 0. The Bertz CT molecular complexity index is 1040. The molecule has 1 aliphatic heterocycles. The summed E-state index contributed by atoms with van der Waals surface area (Å²) in [5.74, 6) is 1.23. The topological polar surface area (TPSA) is 76.1 Å². The highest BCUT2D eigenvalue weighted by atomic mass is 19.1. The molecule has 2 aromatic carbocycles. The molecule has 0 amide bonds. The van der Waals surface area contributed by atoms with Crippen molar-refractivity contribution < 1.29 is 23.7 Å². The Hall–Kier alpha value is -3.10. The number of likely N-dealkylation sites (tertiary alicyclic amines) is 1. The molecule has 0 saturated carbocycles. The fourth-order valence-corrected chi connectivity index (χ4v) is 3.36. The molecule has 30 heavy (non-hydrogen) atoms. The smallest absolute Gasteiger partial charge is 0.167 e. The van der Waals surface area contributed by atoms with Crippen molar-refractivity contribution in [3.05, 3.63) is 48.4 Å². The van der Waals surface area contributed by atoms with Gasteiger partial charge < -0.3 is 24.6 Å². The minimum atomic E-state index is -0.463. The molecule has 3 aromatic rings. The van der Waals surface area contributed by atoms with Crippen LogP contribution in [0.5, 0.6) is 23.0 Å². The molecule has 0 unspecified atom stereocenters. The molecule has 2 N–H and O–H groups in total. The van der Waals surface area contributed by atoms with Gasteiger partial charge in [0.1, 0.15) is 12.4 Å². The van der Waals surface area contributed by atoms with Gasteiger partial charge in [-0.25, -0.2) is 4.39 Å². The lowest BCUT2D eigenvalue weighted by atomic mass is 10.1. The summed E-state index contributed by atoms with van der Waals surface area (Å²) < 4.78 is 31.6. The molecule has 0 spiro atoms. The van der Waals surface area contributed by atoms with E-state index < -0.39 is 5.82 Å². The van der Waals surface area contributed by atoms with Crippen LogP contribution in [-0.4, -0.2) is 61.5 Å². The maximum Gasteiger partial charge on any atom is 0.167 e. The van der Waals surface area contributed by atoms with E-state index in [2.05, 4.69) is 15.2 Å². The zero-order valence-electron chi connectivity index (χ0n) is 16.9. The van der Waals surface area contributed by atoms with Crippen LogP contribution in [0.1, 0.15) is 0 Å². The van der Waals surface area contributed by atoms with E-state index >= 15 is 0 Å². The maximum atomic E-state index is 14.4. The van der Waals surface area contributed by atoms with Crippen LogP contribution >= 0.6 is 0 Å². The quantitative estimate of drug-likeness (QED) is 0.587. The molecular formula is C22H24FN3O4. The Morgan fingerprint density at radius 3 is 2.67 bits per heavy atom. The number of ether oxygens (including phenoxy) is 3. The lowest BCUT2D eigenvalue weighted by molar-refractivity contribution is -0.00399. The molecule has 7 nitrogen and oxygen atoms in total. The van der Waals surface area contributed by atoms with E-state index in [1.54, 1.807) is 50.7 Å². The predicted molar refractivity (Wildman–Crippen MR) is 112 cm³/mol. The number of nitrogens with zero attached hydrogens (tertiary/aromatic N) is 2. The van der Waals surface area contributed by atoms with Gasteiger partial charge in [0.15, 0.2) is 23.1 Å². The largest absolute Gasteiger partial charge is 0.493 e. The number of benzene rings is 2. The van der Waals surface area contributed by atoms with Crippen molar-refractivity contribution in [1.29, 1.82) is 0 Å². The maximum absolute atomic E-state index is 14.4. The molecule has 1 fully saturated rings. The fourth-order valence-electron chi connectivity index (χ4n) is 3.36. The number of anilines is 1. The van der Waals surface area contributed by atoms with Crippen molar-refractivity contribution in [2.75, 3.05) is 45.7 Å². The minimum Gasteiger partial charge on any atom is -0.493 e. The molecule has 1 aliphatic rings. The number of methoxy groups -OCH3 is 1. The number of nitrogens with one attached hydrogen (secondary N) is 1. The number of halogens is 1. The molecule has 8 heteroatoms. The van der Waals surface area contributed by atoms with Gasteiger partial charge in [0.2, 0.25) is 0 Å². The van der Waals surface area contributed by atoms with Gasteiger partial charge in [-0.2, -0.15) is 0 Å². The third-order valence-electron chi connectivity index (χ3n) is 5.03. The van der Waals surface area contributed by atoms with Gasteiger partial charge in [0.25, 0.3) is 0 Å². The van der Waals surface area contributed by atoms with E-state index in [0.29, 0.717) is 53.5 Å². The van der Waals surface area contributed by atoms with Crippen LogP contribution in [0.15, 0.2) is 42.6 Å². The van der Waals surface area contributed by atoms with E-state index in [1.807, 2.05) is 0 Å². The number of hydrogen-bond acceptors (Lipinski definition) is 7. The van der Waals surface area contributed by atoms with Crippen molar-refractivity contribution in [1.82, 2.24) is 9.88 Å². The van der Waals surface area contributed by atoms with Gasteiger partial charge in [0.05, 0.1) is 18.7 Å². The monoisotopic (exact) mass is 413 g/mol. The molecular weight excluding hydrogens is 389 g/mol. The van der Waals surface area contributed by atoms with Crippen LogP contribution in [0.25, 0.3) is 10.9 Å². The van der Waals surface area contributed by atoms with Crippen LogP contribution in [0.2, 0.25) is 0 Å². The van der Waals surface area contributed by atoms with E-state index in [9.17, 15) is 9.50 Å². The molecule has 4 rings (SSSR count). The van der Waals surface area contributed by atoms with Gasteiger partial charge in [-0.3, -0.25) is 9.88 Å². The van der Waals surface area contributed by atoms with Crippen LogP contribution in [0, 0.1) is 5.82 Å². The number of aliphatic hydroxyl groups excluding tert-OH is 1. The fraction of sp³-hybridized carbons (Fsp3) is 0.318. The lowest BCUT2D eigenvalue weighted by Gasteiger charge is -2.35. The number of rotatable bonds is 8. The summed E-state index contributed by atoms with van der Waals surface area (Å²) in [7, 11) is 3.29. The zero-order valence-corrected chi connectivity index (χ0v) is 16.9. The summed E-state index contributed by atoms with van der Waals surface area (Å²) in [6.45, 7) is 2.53. The van der Waals surface area contributed by atoms with Gasteiger partial charge in [0, 0.05) is 56.1 Å². The van der Waals surface area contributed by atoms with Crippen LogP contribution in [0.3, 0.4) is 0 Å². The van der Waals surface area contributed by atoms with Crippen molar-refractivity contribution in [3.8, 4) is 23.0 Å². The number of β-amino-alcohol motifs (C(OH)–C–C–N with tert-alkyl or cyclic N) is 1. The third kappa shape index (κ3) is 4.24. The Kier molecular flexibility index (Phi) is 5.87. The molecule has 0 radical (unpaired) electrons. The minimum absolute atomic E-state index is 0.123. The van der Waals surface area contributed by atoms with Crippen molar-refractivity contribution in [2.45, 2.75) is 6.10 Å². The first-order valence-corrected chi connectivity index (χ1v) is 9.72. The van der Waals surface area contributed by atoms with Gasteiger partial charge >= 0.3 is 0 Å². The second kappa shape index (κ2) is 8.73. The number of aliphatic hydroxyl groups is 1. The summed E-state index contributed by atoms with van der Waals surface area (Å²) in [5, 5.41) is 12.9. The second-order valence-corrected chi connectivity index (χ2v) is 7.09. The van der Waals surface area contributed by atoms with Gasteiger partial charge in [-0.1, -0.05) is 0 Å². The van der Waals surface area contributed by atoms with Gasteiger partial charge in [-0.05, 0) is 24.3 Å². The SMILES string of the molecule is CNc1ccc(Oc2ccnc3cc(OCCN4CC(O)C4)c(OC)cc23)c(F)c1. The molecule has 1 aromatic heterocycles. The second-order valence-electron chi connectivity index (χ2n) is 7.09. The highest BCUT2D eigenvalue weighted by Gasteiger charge is 2.23. The number of fused-ring (bicyclic) bond motifs is 1. The molecule has 158 valence electrons. The van der Waals surface area contributed by atoms with Crippen LogP contribution in [0.4, 0.5) is 10.1 Å². The highest BCUT2D eigenvalue weighted by Crippen LogP contribution is 2.37. The van der Waals surface area contributed by atoms with E-state index in [0.717, 1.165) is 6.54 Å². The standard InChI is InChI=1S/C22H24FN3O4/c1-24-14-3-4-20(17(23)9-14)30-19-5-6-25-18-11-22(21(28-2)10-16(18)19)29-8-7-26-12-15(27)13-26/h3-6,9-11,15,24,27H,7-8,12-13H2,1-2H3. The summed E-state index contributed by atoms with van der Waals surface area (Å²) in [6, 6.07) is 9.94. The molecule has 0 bridgehead atoms. The Morgan fingerprint density at radius 2 is 1.97 bits per heavy atom. The Labute approximate surface area is 174 Å². The van der Waals surface area contributed by atoms with E-state index in [4.69, 9.17) is 14.2 Å². The van der Waals surface area contributed by atoms with Crippen LogP contribution in [-0.2, 0) is 0 Å². The normalized spacial score (nSPS) is 14.4. The first-order chi connectivity index (χ1) is 14.6. The summed E-state index contributed by atoms with van der Waals surface area (Å²) in [6.07, 6.45) is 1.37. The Morgan fingerprint density at radius 1 is 1.13 bits per heavy atom. The number of aromatic nitrogens is 1. The first-order valence-electron chi connectivity index (χ1n) is 9.72. The average molecular weight is 413 g/mol. The first kappa shape index (κ1) is 20.2. The lowest BCUT2D eigenvalue weighted by Crippen LogP contribution is -2.51. The highest BCUT2D eigenvalue weighted by molar-refractivity contribution is 5.88. The predicted octanol–water partition coefficient (Wildman–Crippen LogP) is 3.27. The molecule has 0 aliphatic carbocycles. The van der Waals surface area contributed by atoms with Gasteiger partial charge in [-0.15, -0.1) is 0 Å². The number of pyridine rings is 1. The average Bonchev–Trinajstić information content (AvgIpc) is 2.73. The Balaban J connectivity index is 1.56. The molecule has 1 saturated heterocycles. The van der Waals surface area contributed by atoms with Crippen molar-refractivity contribution in [2.24, 2.45) is 0 Å². The summed E-state index contributed by atoms with van der Waals surface area (Å²) in [4.78, 5) is 6.49.